The van der Waals surface area contributed by atoms with E-state index in [-0.39, 0.29) is 5.56 Å². The van der Waals surface area contributed by atoms with Crippen LogP contribution in [0.5, 0.6) is 0 Å². The Labute approximate surface area is 146 Å². The lowest BCUT2D eigenvalue weighted by atomic mass is 10.1. The van der Waals surface area contributed by atoms with Crippen molar-refractivity contribution in [2.75, 3.05) is 0 Å². The Morgan fingerprint density at radius 1 is 1.20 bits per heavy atom. The number of aryl methyl sites for hydroxylation is 1. The molecule has 25 heavy (non-hydrogen) atoms. The summed E-state index contributed by atoms with van der Waals surface area (Å²) in [6, 6.07) is 6.47. The van der Waals surface area contributed by atoms with E-state index in [2.05, 4.69) is 5.10 Å². The summed E-state index contributed by atoms with van der Waals surface area (Å²) < 4.78 is 3.37. The van der Waals surface area contributed by atoms with Gasteiger partial charge in [0, 0.05) is 24.5 Å². The van der Waals surface area contributed by atoms with Gasteiger partial charge in [-0.25, -0.2) is 9.36 Å². The predicted octanol–water partition coefficient (Wildman–Crippen LogP) is 1.14. The van der Waals surface area contributed by atoms with Crippen LogP contribution in [0.15, 0.2) is 52.4 Å². The first kappa shape index (κ1) is 16.7. The second-order valence-corrected chi connectivity index (χ2v) is 5.80. The molecule has 8 nitrogen and oxygen atoms in total. The van der Waals surface area contributed by atoms with Gasteiger partial charge in [-0.2, -0.15) is 5.10 Å². The molecule has 0 atom stereocenters. The zero-order chi connectivity index (χ0) is 18.1. The zero-order valence-corrected chi connectivity index (χ0v) is 13.8. The highest BCUT2D eigenvalue weighted by atomic mass is 35.5. The molecule has 0 spiro atoms. The van der Waals surface area contributed by atoms with E-state index in [0.717, 1.165) is 0 Å². The van der Waals surface area contributed by atoms with E-state index in [4.69, 9.17) is 16.7 Å². The Balaban J connectivity index is 2.31. The fourth-order valence-corrected chi connectivity index (χ4v) is 2.55. The number of rotatable bonds is 4. The van der Waals surface area contributed by atoms with Gasteiger partial charge in [-0.05, 0) is 17.7 Å². The van der Waals surface area contributed by atoms with Gasteiger partial charge in [-0.1, -0.05) is 23.7 Å². The molecule has 0 fully saturated rings. The quantitative estimate of drug-likeness (QED) is 0.752. The molecule has 1 aromatic carbocycles. The lowest BCUT2D eigenvalue weighted by Gasteiger charge is -2.11. The summed E-state index contributed by atoms with van der Waals surface area (Å²) in [6.45, 7) is -0.737. The van der Waals surface area contributed by atoms with Crippen molar-refractivity contribution in [3.05, 3.63) is 68.7 Å². The van der Waals surface area contributed by atoms with Crippen LogP contribution in [-0.4, -0.2) is 30.0 Å². The summed E-state index contributed by atoms with van der Waals surface area (Å²) in [5.74, 6) is -1.29. The average molecular weight is 361 g/mol. The molecule has 0 amide bonds. The molecule has 0 aliphatic carbocycles. The first-order valence-corrected chi connectivity index (χ1v) is 7.58. The molecule has 9 heteroatoms. The summed E-state index contributed by atoms with van der Waals surface area (Å²) in [4.78, 5) is 36.3. The largest absolute Gasteiger partial charge is 0.480 e. The third-order valence-electron chi connectivity index (χ3n) is 3.59. The Hall–Kier alpha value is -3.13. The molecule has 0 saturated carbocycles. The van der Waals surface area contributed by atoms with E-state index >= 15 is 0 Å². The van der Waals surface area contributed by atoms with Crippen LogP contribution in [-0.2, 0) is 18.4 Å². The van der Waals surface area contributed by atoms with Crippen LogP contribution in [0.3, 0.4) is 0 Å². The number of hydrogen-bond acceptors (Lipinski definition) is 4. The van der Waals surface area contributed by atoms with Crippen molar-refractivity contribution in [2.45, 2.75) is 6.54 Å². The second kappa shape index (κ2) is 6.40. The molecule has 0 aliphatic heterocycles. The van der Waals surface area contributed by atoms with Crippen molar-refractivity contribution < 1.29 is 9.90 Å². The second-order valence-electron chi connectivity index (χ2n) is 5.36. The molecular weight excluding hydrogens is 348 g/mol. The molecule has 2 heterocycles. The summed E-state index contributed by atoms with van der Waals surface area (Å²) in [5.41, 5.74) is -0.317. The first-order valence-electron chi connectivity index (χ1n) is 7.20. The van der Waals surface area contributed by atoms with E-state index < -0.39 is 23.8 Å². The Morgan fingerprint density at radius 3 is 2.44 bits per heavy atom. The van der Waals surface area contributed by atoms with Gasteiger partial charge < -0.3 is 5.11 Å². The lowest BCUT2D eigenvalue weighted by Crippen LogP contribution is -2.41. The van der Waals surface area contributed by atoms with Gasteiger partial charge in [0.05, 0.1) is 17.4 Å². The SMILES string of the molecule is Cn1cc(-n2cc(-c3ccc(Cl)cc3)c(=O)n(CC(=O)O)c2=O)cn1. The van der Waals surface area contributed by atoms with Crippen LogP contribution in [0.1, 0.15) is 0 Å². The maximum absolute atomic E-state index is 12.6. The van der Waals surface area contributed by atoms with Crippen molar-refractivity contribution in [2.24, 2.45) is 7.05 Å². The third kappa shape index (κ3) is 3.24. The van der Waals surface area contributed by atoms with Crippen LogP contribution in [0.25, 0.3) is 16.8 Å². The highest BCUT2D eigenvalue weighted by Crippen LogP contribution is 2.18. The maximum Gasteiger partial charge on any atom is 0.336 e. The number of aliphatic carboxylic acids is 1. The normalized spacial score (nSPS) is 10.8. The van der Waals surface area contributed by atoms with Crippen molar-refractivity contribution in [1.82, 2.24) is 18.9 Å². The number of carboxylic acids is 1. The smallest absolute Gasteiger partial charge is 0.336 e. The minimum atomic E-state index is -1.29. The third-order valence-corrected chi connectivity index (χ3v) is 3.84. The van der Waals surface area contributed by atoms with Crippen molar-refractivity contribution >= 4 is 17.6 Å². The number of nitrogens with zero attached hydrogens (tertiary/aromatic N) is 4. The predicted molar refractivity (Wildman–Crippen MR) is 91.1 cm³/mol. The number of aromatic nitrogens is 4. The Bertz CT molecular complexity index is 1060. The van der Waals surface area contributed by atoms with Gasteiger partial charge >= 0.3 is 11.7 Å². The molecule has 1 N–H and O–H groups in total. The van der Waals surface area contributed by atoms with E-state index in [1.165, 1.54) is 21.6 Å². The maximum atomic E-state index is 12.6. The fourth-order valence-electron chi connectivity index (χ4n) is 2.42. The highest BCUT2D eigenvalue weighted by molar-refractivity contribution is 6.30. The first-order chi connectivity index (χ1) is 11.9. The zero-order valence-electron chi connectivity index (χ0n) is 13.1. The van der Waals surface area contributed by atoms with Crippen LogP contribution in [0, 0.1) is 0 Å². The highest BCUT2D eigenvalue weighted by Gasteiger charge is 2.16. The topological polar surface area (TPSA) is 99.1 Å². The van der Waals surface area contributed by atoms with E-state index in [1.54, 1.807) is 37.5 Å². The van der Waals surface area contributed by atoms with Gasteiger partial charge in [-0.3, -0.25) is 18.8 Å². The Morgan fingerprint density at radius 2 is 1.88 bits per heavy atom. The summed E-state index contributed by atoms with van der Waals surface area (Å²) in [6.07, 6.45) is 4.41. The summed E-state index contributed by atoms with van der Waals surface area (Å²) in [5, 5.41) is 13.5. The van der Waals surface area contributed by atoms with Gasteiger partial charge in [0.1, 0.15) is 6.54 Å². The minimum absolute atomic E-state index is 0.182. The van der Waals surface area contributed by atoms with E-state index in [1.807, 2.05) is 0 Å². The number of carboxylic acid groups (broad SMARTS) is 1. The number of halogens is 1. The number of benzene rings is 1. The molecule has 0 unspecified atom stereocenters. The van der Waals surface area contributed by atoms with E-state index in [0.29, 0.717) is 20.8 Å². The van der Waals surface area contributed by atoms with Crippen LogP contribution >= 0.6 is 11.6 Å². The summed E-state index contributed by atoms with van der Waals surface area (Å²) in [7, 11) is 1.68. The van der Waals surface area contributed by atoms with E-state index in [9.17, 15) is 14.4 Å². The molecule has 128 valence electrons. The molecule has 0 aliphatic rings. The molecule has 3 aromatic rings. The van der Waals surface area contributed by atoms with Gasteiger partial charge in [0.2, 0.25) is 0 Å². The van der Waals surface area contributed by atoms with Crippen LogP contribution in [0.2, 0.25) is 5.02 Å². The summed E-state index contributed by atoms with van der Waals surface area (Å²) >= 11 is 5.87. The number of carbonyl (C=O) groups is 1. The molecule has 0 radical (unpaired) electrons. The monoisotopic (exact) mass is 360 g/mol. The molecule has 0 saturated heterocycles. The van der Waals surface area contributed by atoms with Gasteiger partial charge in [0.15, 0.2) is 0 Å². The fraction of sp³-hybridized carbons (Fsp3) is 0.125. The standard InChI is InChI=1S/C16H13ClN4O4/c1-19-7-12(6-18-19)20-8-13(10-2-4-11(17)5-3-10)15(24)21(16(20)25)9-14(22)23/h2-8H,9H2,1H3,(H,22,23). The van der Waals surface area contributed by atoms with Gasteiger partial charge in [-0.15, -0.1) is 0 Å². The molecule has 3 rings (SSSR count). The molecule has 2 aromatic heterocycles. The molecular formula is C16H13ClN4O4. The Kier molecular flexibility index (Phi) is 4.28. The van der Waals surface area contributed by atoms with Crippen molar-refractivity contribution in [1.29, 1.82) is 0 Å². The van der Waals surface area contributed by atoms with Gasteiger partial charge in [0.25, 0.3) is 5.56 Å². The lowest BCUT2D eigenvalue weighted by molar-refractivity contribution is -0.137. The average Bonchev–Trinajstić information content (AvgIpc) is 2.99. The number of hydrogen-bond donors (Lipinski definition) is 1. The van der Waals surface area contributed by atoms with Crippen molar-refractivity contribution in [3.63, 3.8) is 0 Å². The minimum Gasteiger partial charge on any atom is -0.480 e. The van der Waals surface area contributed by atoms with Crippen LogP contribution < -0.4 is 11.2 Å². The van der Waals surface area contributed by atoms with Crippen LogP contribution in [0.4, 0.5) is 0 Å². The molecule has 0 bridgehead atoms. The van der Waals surface area contributed by atoms with Crippen molar-refractivity contribution in [3.8, 4) is 16.8 Å².